The van der Waals surface area contributed by atoms with Gasteiger partial charge in [0, 0.05) is 28.6 Å². The second-order valence-corrected chi connectivity index (χ2v) is 6.57. The van der Waals surface area contributed by atoms with Crippen molar-refractivity contribution in [3.8, 4) is 0 Å². The van der Waals surface area contributed by atoms with Crippen molar-refractivity contribution >= 4 is 41.3 Å². The van der Waals surface area contributed by atoms with Crippen molar-refractivity contribution < 1.29 is 18.0 Å². The molecule has 1 heterocycles. The molecule has 0 aliphatic carbocycles. The number of hydrogen-bond donors (Lipinski definition) is 1. The van der Waals surface area contributed by atoms with Crippen molar-refractivity contribution in [3.63, 3.8) is 0 Å². The van der Waals surface area contributed by atoms with Gasteiger partial charge in [-0.05, 0) is 35.4 Å². The van der Waals surface area contributed by atoms with Crippen LogP contribution in [0.25, 0.3) is 0 Å². The van der Waals surface area contributed by atoms with Gasteiger partial charge in [-0.25, -0.2) is 0 Å². The van der Waals surface area contributed by atoms with Gasteiger partial charge < -0.3 is 10.6 Å². The number of alkyl halides is 3. The summed E-state index contributed by atoms with van der Waals surface area (Å²) in [4.78, 5) is 4.96. The molecule has 1 aliphatic heterocycles. The summed E-state index contributed by atoms with van der Waals surface area (Å²) in [7, 11) is 0. The van der Waals surface area contributed by atoms with Crippen LogP contribution in [0.5, 0.6) is 0 Å². The Balaban J connectivity index is 0.00000243. The Morgan fingerprint density at radius 3 is 2.35 bits per heavy atom. The third-order valence-corrected chi connectivity index (χ3v) is 4.45. The van der Waals surface area contributed by atoms with Gasteiger partial charge in [0.2, 0.25) is 0 Å². The fourth-order valence-electron chi connectivity index (χ4n) is 2.72. The maximum atomic E-state index is 13.9. The van der Waals surface area contributed by atoms with Crippen LogP contribution in [-0.4, -0.2) is 11.9 Å². The Labute approximate surface area is 164 Å². The monoisotopic (exact) mass is 424 g/mol. The lowest BCUT2D eigenvalue weighted by atomic mass is 9.86. The molecular formula is C17H14Cl3F3N2O. The molecule has 2 N–H and O–H groups in total. The molecule has 1 aliphatic rings. The molecule has 26 heavy (non-hydrogen) atoms. The van der Waals surface area contributed by atoms with Gasteiger partial charge in [-0.2, -0.15) is 13.2 Å². The summed E-state index contributed by atoms with van der Waals surface area (Å²) >= 11 is 11.7. The predicted octanol–water partition coefficient (Wildman–Crippen LogP) is 5.46. The van der Waals surface area contributed by atoms with Crippen LogP contribution in [-0.2, 0) is 17.0 Å². The van der Waals surface area contributed by atoms with E-state index in [1.165, 1.54) is 18.2 Å². The predicted molar refractivity (Wildman–Crippen MR) is 98.0 cm³/mol. The molecule has 2 aromatic rings. The zero-order valence-electron chi connectivity index (χ0n) is 13.2. The normalized spacial score (nSPS) is 19.5. The highest BCUT2D eigenvalue weighted by molar-refractivity contribution is 6.34. The summed E-state index contributed by atoms with van der Waals surface area (Å²) in [6.45, 7) is 0.274. The molecule has 2 aromatic carbocycles. The smallest absolute Gasteiger partial charge is 0.374 e. The molecule has 1 unspecified atom stereocenters. The van der Waals surface area contributed by atoms with Crippen LogP contribution in [0.15, 0.2) is 47.6 Å². The van der Waals surface area contributed by atoms with Gasteiger partial charge in [0.1, 0.15) is 0 Å². The average Bonchev–Trinajstić information content (AvgIpc) is 3.00. The molecule has 9 heteroatoms. The van der Waals surface area contributed by atoms with Crippen LogP contribution in [0.1, 0.15) is 23.1 Å². The molecule has 1 atom stereocenters. The van der Waals surface area contributed by atoms with E-state index in [0.29, 0.717) is 5.56 Å². The SMILES string of the molecule is Cl.NCc1cccc(C2=NOC(c3cc(Cl)cc(Cl)c3)(C(F)(F)F)C2)c1. The molecule has 140 valence electrons. The van der Waals surface area contributed by atoms with Crippen molar-refractivity contribution in [2.24, 2.45) is 10.9 Å². The van der Waals surface area contributed by atoms with Crippen molar-refractivity contribution in [1.82, 2.24) is 0 Å². The van der Waals surface area contributed by atoms with E-state index in [9.17, 15) is 13.2 Å². The largest absolute Gasteiger partial charge is 0.435 e. The number of nitrogens with zero attached hydrogens (tertiary/aromatic N) is 1. The summed E-state index contributed by atoms with van der Waals surface area (Å²) in [5.41, 5.74) is 4.27. The first-order valence-corrected chi connectivity index (χ1v) is 8.08. The van der Waals surface area contributed by atoms with E-state index in [1.54, 1.807) is 24.3 Å². The average molecular weight is 426 g/mol. The third kappa shape index (κ3) is 3.78. The number of benzene rings is 2. The maximum Gasteiger partial charge on any atom is 0.435 e. The van der Waals surface area contributed by atoms with Crippen molar-refractivity contribution in [1.29, 1.82) is 0 Å². The summed E-state index contributed by atoms with van der Waals surface area (Å²) in [6.07, 6.45) is -5.20. The molecule has 0 bridgehead atoms. The standard InChI is InChI=1S/C17H13Cl2F3N2O.ClH/c18-13-5-12(6-14(19)7-13)16(17(20,21)22)8-15(24-25-16)11-3-1-2-10(4-11)9-23;/h1-7H,8-9,23H2;1H. The van der Waals surface area contributed by atoms with Crippen LogP contribution in [0.4, 0.5) is 13.2 Å². The summed E-state index contributed by atoms with van der Waals surface area (Å²) < 4.78 is 41.7. The summed E-state index contributed by atoms with van der Waals surface area (Å²) in [5.74, 6) is 0. The van der Waals surface area contributed by atoms with E-state index in [0.717, 1.165) is 5.56 Å². The molecule has 0 amide bonds. The first kappa shape index (κ1) is 20.8. The van der Waals surface area contributed by atoms with Gasteiger partial charge in [0.15, 0.2) is 0 Å². The van der Waals surface area contributed by atoms with Gasteiger partial charge >= 0.3 is 6.18 Å². The molecule has 0 fully saturated rings. The highest BCUT2D eigenvalue weighted by atomic mass is 35.5. The number of hydrogen-bond acceptors (Lipinski definition) is 3. The van der Waals surface area contributed by atoms with E-state index in [2.05, 4.69) is 5.16 Å². The van der Waals surface area contributed by atoms with E-state index in [4.69, 9.17) is 33.8 Å². The maximum absolute atomic E-state index is 13.9. The van der Waals surface area contributed by atoms with Crippen molar-refractivity contribution in [2.45, 2.75) is 24.7 Å². The van der Waals surface area contributed by atoms with Gasteiger partial charge in [0.05, 0.1) is 5.71 Å². The Bertz CT molecular complexity index is 822. The fraction of sp³-hybridized carbons (Fsp3) is 0.235. The highest BCUT2D eigenvalue weighted by Crippen LogP contribution is 2.49. The number of halogens is 6. The van der Waals surface area contributed by atoms with E-state index in [1.807, 2.05) is 0 Å². The van der Waals surface area contributed by atoms with Gasteiger partial charge in [-0.15, -0.1) is 12.4 Å². The van der Waals surface area contributed by atoms with Gasteiger partial charge in [-0.3, -0.25) is 0 Å². The zero-order valence-corrected chi connectivity index (χ0v) is 15.5. The Kier molecular flexibility index (Phi) is 6.13. The molecule has 0 saturated heterocycles. The quantitative estimate of drug-likeness (QED) is 0.710. The number of rotatable bonds is 3. The first-order chi connectivity index (χ1) is 11.7. The lowest BCUT2D eigenvalue weighted by Crippen LogP contribution is -2.42. The lowest BCUT2D eigenvalue weighted by Gasteiger charge is -2.29. The number of oxime groups is 1. The molecule has 0 spiro atoms. The molecular weight excluding hydrogens is 412 g/mol. The third-order valence-electron chi connectivity index (χ3n) is 4.01. The summed E-state index contributed by atoms with van der Waals surface area (Å²) in [5, 5.41) is 3.89. The second kappa shape index (κ2) is 7.64. The minimum atomic E-state index is -4.71. The van der Waals surface area contributed by atoms with Crippen LogP contribution >= 0.6 is 35.6 Å². The fourth-order valence-corrected chi connectivity index (χ4v) is 3.25. The van der Waals surface area contributed by atoms with E-state index >= 15 is 0 Å². The van der Waals surface area contributed by atoms with Crippen LogP contribution in [0, 0.1) is 0 Å². The van der Waals surface area contributed by atoms with Gasteiger partial charge in [0.25, 0.3) is 5.60 Å². The summed E-state index contributed by atoms with van der Waals surface area (Å²) in [6, 6.07) is 10.6. The molecule has 0 radical (unpaired) electrons. The zero-order chi connectivity index (χ0) is 18.2. The van der Waals surface area contributed by atoms with Crippen molar-refractivity contribution in [2.75, 3.05) is 0 Å². The Hall–Kier alpha value is -1.47. The van der Waals surface area contributed by atoms with E-state index in [-0.39, 0.29) is 40.3 Å². The molecule has 3 nitrogen and oxygen atoms in total. The second-order valence-electron chi connectivity index (χ2n) is 5.69. The highest BCUT2D eigenvalue weighted by Gasteiger charge is 2.62. The van der Waals surface area contributed by atoms with Crippen LogP contribution in [0.2, 0.25) is 10.0 Å². The Morgan fingerprint density at radius 1 is 1.12 bits per heavy atom. The minimum absolute atomic E-state index is 0. The molecule has 0 aromatic heterocycles. The number of nitrogens with two attached hydrogens (primary N) is 1. The topological polar surface area (TPSA) is 47.6 Å². The Morgan fingerprint density at radius 2 is 1.77 bits per heavy atom. The molecule has 3 rings (SSSR count). The van der Waals surface area contributed by atoms with Crippen molar-refractivity contribution in [3.05, 3.63) is 69.2 Å². The van der Waals surface area contributed by atoms with Gasteiger partial charge in [-0.1, -0.05) is 46.6 Å². The van der Waals surface area contributed by atoms with Crippen LogP contribution < -0.4 is 5.73 Å². The first-order valence-electron chi connectivity index (χ1n) is 7.33. The lowest BCUT2D eigenvalue weighted by molar-refractivity contribution is -0.275. The molecule has 0 saturated carbocycles. The van der Waals surface area contributed by atoms with Crippen LogP contribution in [0.3, 0.4) is 0 Å². The minimum Gasteiger partial charge on any atom is -0.374 e. The van der Waals surface area contributed by atoms with E-state index < -0.39 is 18.2 Å².